The molecular weight excluding hydrogens is 382 g/mol. The van der Waals surface area contributed by atoms with Gasteiger partial charge < -0.3 is 4.74 Å². The van der Waals surface area contributed by atoms with Gasteiger partial charge in [0.25, 0.3) is 0 Å². The summed E-state index contributed by atoms with van der Waals surface area (Å²) in [7, 11) is 0. The van der Waals surface area contributed by atoms with Crippen LogP contribution in [0.25, 0.3) is 16.7 Å². The molecule has 2 aliphatic heterocycles. The predicted octanol–water partition coefficient (Wildman–Crippen LogP) is 6.70. The number of rotatable bonds is 4. The van der Waals surface area contributed by atoms with E-state index in [-0.39, 0.29) is 18.2 Å². The summed E-state index contributed by atoms with van der Waals surface area (Å²) < 4.78 is 5.67. The van der Waals surface area contributed by atoms with Gasteiger partial charge in [0.15, 0.2) is 0 Å². The van der Waals surface area contributed by atoms with E-state index in [9.17, 15) is 4.79 Å². The van der Waals surface area contributed by atoms with Crippen LogP contribution in [0.5, 0.6) is 0 Å². The Morgan fingerprint density at radius 3 is 2.16 bits per heavy atom. The van der Waals surface area contributed by atoms with Crippen molar-refractivity contribution in [2.45, 2.75) is 44.4 Å². The molecule has 3 aromatic rings. The lowest BCUT2D eigenvalue weighted by Crippen LogP contribution is -2.51. The van der Waals surface area contributed by atoms with Crippen LogP contribution in [-0.2, 0) is 11.3 Å². The molecule has 2 bridgehead atoms. The van der Waals surface area contributed by atoms with Gasteiger partial charge in [0, 0.05) is 6.04 Å². The van der Waals surface area contributed by atoms with E-state index < -0.39 is 0 Å². The molecule has 156 valence electrons. The molecule has 2 aliphatic rings. The van der Waals surface area contributed by atoms with Crippen LogP contribution in [0.2, 0.25) is 0 Å². The van der Waals surface area contributed by atoms with Crippen LogP contribution in [0.15, 0.2) is 91.0 Å². The highest BCUT2D eigenvalue weighted by molar-refractivity contribution is 5.75. The average Bonchev–Trinajstić information content (AvgIpc) is 2.83. The lowest BCUT2D eigenvalue weighted by Gasteiger charge is -2.44. The Morgan fingerprint density at radius 2 is 1.45 bits per heavy atom. The van der Waals surface area contributed by atoms with E-state index in [1.54, 1.807) is 0 Å². The molecular formula is C28H27NO2. The number of fused-ring (bicyclic) bond motifs is 2. The SMILES string of the molecule is O=C(OCc1ccccc1)N1C2C=C(c3ccc(-c4ccccc4)cc3)CC1CCC2. The first kappa shape index (κ1) is 19.6. The van der Waals surface area contributed by atoms with Gasteiger partial charge in [-0.2, -0.15) is 0 Å². The molecule has 2 unspecified atom stereocenters. The Kier molecular flexibility index (Phi) is 5.57. The maximum Gasteiger partial charge on any atom is 0.410 e. The molecule has 5 rings (SSSR count). The van der Waals surface area contributed by atoms with Crippen molar-refractivity contribution in [1.29, 1.82) is 0 Å². The van der Waals surface area contributed by atoms with Crippen molar-refractivity contribution in [1.82, 2.24) is 4.90 Å². The molecule has 1 saturated heterocycles. The third kappa shape index (κ3) is 4.27. The molecule has 0 aliphatic carbocycles. The van der Waals surface area contributed by atoms with Gasteiger partial charge in [-0.15, -0.1) is 0 Å². The topological polar surface area (TPSA) is 29.5 Å². The van der Waals surface area contributed by atoms with Gasteiger partial charge in [0.2, 0.25) is 0 Å². The molecule has 0 N–H and O–H groups in total. The number of hydrogen-bond acceptors (Lipinski definition) is 2. The van der Waals surface area contributed by atoms with Crippen molar-refractivity contribution in [3.63, 3.8) is 0 Å². The van der Waals surface area contributed by atoms with E-state index in [1.165, 1.54) is 22.3 Å². The van der Waals surface area contributed by atoms with Crippen LogP contribution < -0.4 is 0 Å². The molecule has 0 aromatic heterocycles. The van der Waals surface area contributed by atoms with Gasteiger partial charge in [0.1, 0.15) is 6.61 Å². The highest BCUT2D eigenvalue weighted by Gasteiger charge is 2.38. The molecule has 3 aromatic carbocycles. The molecule has 1 fully saturated rings. The zero-order valence-electron chi connectivity index (χ0n) is 17.6. The minimum Gasteiger partial charge on any atom is -0.445 e. The zero-order chi connectivity index (χ0) is 21.0. The molecule has 2 heterocycles. The fraction of sp³-hybridized carbons (Fsp3) is 0.250. The van der Waals surface area contributed by atoms with Crippen LogP contribution in [0.1, 0.15) is 36.8 Å². The van der Waals surface area contributed by atoms with E-state index in [4.69, 9.17) is 4.74 Å². The van der Waals surface area contributed by atoms with Crippen molar-refractivity contribution < 1.29 is 9.53 Å². The molecule has 1 amide bonds. The summed E-state index contributed by atoms with van der Waals surface area (Å²) in [4.78, 5) is 14.9. The maximum atomic E-state index is 12.9. The lowest BCUT2D eigenvalue weighted by molar-refractivity contribution is 0.0510. The highest BCUT2D eigenvalue weighted by Crippen LogP contribution is 2.38. The summed E-state index contributed by atoms with van der Waals surface area (Å²) in [5.41, 5.74) is 6.09. The summed E-state index contributed by atoms with van der Waals surface area (Å²) in [6.07, 6.45) is 6.19. The largest absolute Gasteiger partial charge is 0.445 e. The predicted molar refractivity (Wildman–Crippen MR) is 124 cm³/mol. The summed E-state index contributed by atoms with van der Waals surface area (Å²) >= 11 is 0. The van der Waals surface area contributed by atoms with Gasteiger partial charge >= 0.3 is 6.09 Å². The van der Waals surface area contributed by atoms with E-state index in [2.05, 4.69) is 54.6 Å². The number of nitrogens with zero attached hydrogens (tertiary/aromatic N) is 1. The minimum absolute atomic E-state index is 0.125. The summed E-state index contributed by atoms with van der Waals surface area (Å²) in [6.45, 7) is 0.327. The van der Waals surface area contributed by atoms with Crippen LogP contribution in [0, 0.1) is 0 Å². The van der Waals surface area contributed by atoms with Gasteiger partial charge in [0.05, 0.1) is 6.04 Å². The first-order valence-electron chi connectivity index (χ1n) is 11.1. The third-order valence-corrected chi connectivity index (χ3v) is 6.42. The first-order valence-corrected chi connectivity index (χ1v) is 11.1. The monoisotopic (exact) mass is 409 g/mol. The van der Waals surface area contributed by atoms with Crippen LogP contribution in [-0.4, -0.2) is 23.1 Å². The van der Waals surface area contributed by atoms with Gasteiger partial charge in [-0.05, 0) is 53.5 Å². The number of carbonyl (C=O) groups is 1. The lowest BCUT2D eigenvalue weighted by atomic mass is 9.83. The molecule has 2 atom stereocenters. The van der Waals surface area contributed by atoms with Gasteiger partial charge in [-0.3, -0.25) is 4.90 Å². The Balaban J connectivity index is 1.31. The van der Waals surface area contributed by atoms with Crippen molar-refractivity contribution in [3.05, 3.63) is 102 Å². The van der Waals surface area contributed by atoms with Crippen molar-refractivity contribution >= 4 is 11.7 Å². The molecule has 31 heavy (non-hydrogen) atoms. The summed E-state index contributed by atoms with van der Waals surface area (Å²) in [5, 5.41) is 0. The summed E-state index contributed by atoms with van der Waals surface area (Å²) in [5.74, 6) is 0. The Bertz CT molecular complexity index is 1060. The van der Waals surface area contributed by atoms with E-state index >= 15 is 0 Å². The van der Waals surface area contributed by atoms with E-state index in [0.717, 1.165) is 31.2 Å². The number of piperidine rings is 1. The van der Waals surface area contributed by atoms with E-state index in [0.29, 0.717) is 6.61 Å². The number of benzene rings is 3. The molecule has 3 nitrogen and oxygen atoms in total. The Morgan fingerprint density at radius 1 is 0.806 bits per heavy atom. The summed E-state index contributed by atoms with van der Waals surface area (Å²) in [6, 6.07) is 29.5. The second kappa shape index (κ2) is 8.81. The minimum atomic E-state index is -0.187. The Labute approximate surface area is 184 Å². The van der Waals surface area contributed by atoms with Crippen LogP contribution in [0.4, 0.5) is 4.79 Å². The highest BCUT2D eigenvalue weighted by atomic mass is 16.6. The van der Waals surface area contributed by atoms with Gasteiger partial charge in [-0.25, -0.2) is 4.79 Å². The van der Waals surface area contributed by atoms with Crippen LogP contribution >= 0.6 is 0 Å². The fourth-order valence-corrected chi connectivity index (χ4v) is 4.83. The zero-order valence-corrected chi connectivity index (χ0v) is 17.6. The average molecular weight is 410 g/mol. The maximum absolute atomic E-state index is 12.9. The standard InChI is InChI=1S/C28H27NO2/c30-28(31-20-21-8-3-1-4-9-21)29-26-12-7-13-27(29)19-25(18-26)24-16-14-23(15-17-24)22-10-5-2-6-11-22/h1-6,8-11,14-18,26-27H,7,12-13,19-20H2. The fourth-order valence-electron chi connectivity index (χ4n) is 4.83. The number of hydrogen-bond donors (Lipinski definition) is 0. The normalized spacial score (nSPS) is 20.1. The van der Waals surface area contributed by atoms with Crippen molar-refractivity contribution in [2.24, 2.45) is 0 Å². The number of carbonyl (C=O) groups excluding carboxylic acids is 1. The number of ether oxygens (including phenoxy) is 1. The van der Waals surface area contributed by atoms with E-state index in [1.807, 2.05) is 41.3 Å². The third-order valence-electron chi connectivity index (χ3n) is 6.42. The van der Waals surface area contributed by atoms with Crippen molar-refractivity contribution in [2.75, 3.05) is 0 Å². The van der Waals surface area contributed by atoms with Crippen molar-refractivity contribution in [3.8, 4) is 11.1 Å². The molecule has 0 spiro atoms. The second-order valence-electron chi connectivity index (χ2n) is 8.44. The number of amides is 1. The molecule has 3 heteroatoms. The van der Waals surface area contributed by atoms with Crippen LogP contribution in [0.3, 0.4) is 0 Å². The Hall–Kier alpha value is -3.33. The first-order chi connectivity index (χ1) is 15.3. The second-order valence-corrected chi connectivity index (χ2v) is 8.44. The molecule has 0 saturated carbocycles. The van der Waals surface area contributed by atoms with Gasteiger partial charge in [-0.1, -0.05) is 91.0 Å². The quantitative estimate of drug-likeness (QED) is 0.480. The smallest absolute Gasteiger partial charge is 0.410 e. The molecule has 0 radical (unpaired) electrons.